The van der Waals surface area contributed by atoms with Gasteiger partial charge in [0.15, 0.2) is 5.82 Å². The number of nitrogens with one attached hydrogen (secondary N) is 1. The molecule has 80 valence electrons. The smallest absolute Gasteiger partial charge is 0.154 e. The summed E-state index contributed by atoms with van der Waals surface area (Å²) in [6.45, 7) is 6.88. The normalized spacial score (nSPS) is 15.5. The monoisotopic (exact) mass is 204 g/mol. The summed E-state index contributed by atoms with van der Waals surface area (Å²) in [5, 5.41) is 3.28. The van der Waals surface area contributed by atoms with Crippen molar-refractivity contribution in [1.29, 1.82) is 0 Å². The van der Waals surface area contributed by atoms with E-state index >= 15 is 0 Å². The number of hydrogen-bond acceptors (Lipinski definition) is 4. The van der Waals surface area contributed by atoms with Crippen molar-refractivity contribution in [3.05, 3.63) is 18.2 Å². The van der Waals surface area contributed by atoms with Crippen LogP contribution in [0, 0.1) is 0 Å². The maximum Gasteiger partial charge on any atom is 0.154 e. The van der Waals surface area contributed by atoms with Gasteiger partial charge in [0, 0.05) is 18.8 Å². The third-order valence-corrected chi connectivity index (χ3v) is 2.24. The van der Waals surface area contributed by atoms with Crippen molar-refractivity contribution in [2.75, 3.05) is 24.7 Å². The summed E-state index contributed by atoms with van der Waals surface area (Å²) in [4.78, 5) is 11.1. The van der Waals surface area contributed by atoms with Gasteiger partial charge in [-0.2, -0.15) is 0 Å². The Morgan fingerprint density at radius 3 is 3.00 bits per heavy atom. The predicted molar refractivity (Wildman–Crippen MR) is 62.9 cm³/mol. The highest BCUT2D eigenvalue weighted by Gasteiger charge is 2.12. The van der Waals surface area contributed by atoms with Crippen LogP contribution >= 0.6 is 0 Å². The Morgan fingerprint density at radius 1 is 1.47 bits per heavy atom. The molecule has 1 fully saturated rings. The van der Waals surface area contributed by atoms with E-state index in [2.05, 4.69) is 20.2 Å². The van der Waals surface area contributed by atoms with Gasteiger partial charge < -0.3 is 4.90 Å². The molecule has 1 N–H and O–H groups in total. The fourth-order valence-corrected chi connectivity index (χ4v) is 1.58. The van der Waals surface area contributed by atoms with E-state index in [0.29, 0.717) is 0 Å². The summed E-state index contributed by atoms with van der Waals surface area (Å²) in [5.41, 5.74) is 1.03. The molecule has 0 spiro atoms. The number of pyridine rings is 1. The highest BCUT2D eigenvalue weighted by atomic mass is 15.3. The quantitative estimate of drug-likeness (QED) is 0.743. The molecule has 1 aromatic rings. The molecule has 1 aliphatic rings. The molecular formula is C11H16N4. The molecule has 4 nitrogen and oxygen atoms in total. The molecular weight excluding hydrogens is 188 g/mol. The van der Waals surface area contributed by atoms with Crippen LogP contribution in [0.25, 0.3) is 0 Å². The van der Waals surface area contributed by atoms with Gasteiger partial charge in [-0.1, -0.05) is 6.07 Å². The zero-order valence-corrected chi connectivity index (χ0v) is 9.20. The van der Waals surface area contributed by atoms with E-state index in [0.717, 1.165) is 37.1 Å². The molecule has 2 rings (SSSR count). The van der Waals surface area contributed by atoms with Gasteiger partial charge in [-0.25, -0.2) is 9.98 Å². The maximum absolute atomic E-state index is 4.49. The molecule has 0 amide bonds. The van der Waals surface area contributed by atoms with Gasteiger partial charge in [0.2, 0.25) is 0 Å². The van der Waals surface area contributed by atoms with Crippen LogP contribution in [0.3, 0.4) is 0 Å². The number of aliphatic imine (C=N–C) groups is 1. The average molecular weight is 204 g/mol. The maximum atomic E-state index is 4.49. The van der Waals surface area contributed by atoms with Crippen LogP contribution in [0.4, 0.5) is 11.6 Å². The number of rotatable bonds is 2. The Morgan fingerprint density at radius 2 is 2.33 bits per heavy atom. The van der Waals surface area contributed by atoms with Gasteiger partial charge in [0.25, 0.3) is 0 Å². The van der Waals surface area contributed by atoms with Crippen LogP contribution in [-0.4, -0.2) is 30.5 Å². The molecule has 15 heavy (non-hydrogen) atoms. The number of nitrogens with zero attached hydrogens (tertiary/aromatic N) is 3. The average Bonchev–Trinajstić information content (AvgIpc) is 2.69. The Hall–Kier alpha value is -1.42. The van der Waals surface area contributed by atoms with E-state index in [1.807, 2.05) is 32.0 Å². The van der Waals surface area contributed by atoms with E-state index in [9.17, 15) is 0 Å². The van der Waals surface area contributed by atoms with Gasteiger partial charge in [0.05, 0.1) is 6.67 Å². The first-order valence-corrected chi connectivity index (χ1v) is 5.20. The van der Waals surface area contributed by atoms with Crippen LogP contribution in [0.5, 0.6) is 0 Å². The van der Waals surface area contributed by atoms with E-state index < -0.39 is 0 Å². The topological polar surface area (TPSA) is 40.5 Å². The Balaban J connectivity index is 2.22. The minimum absolute atomic E-state index is 0.791. The predicted octanol–water partition coefficient (Wildman–Crippen LogP) is 1.56. The third kappa shape index (κ3) is 2.53. The van der Waals surface area contributed by atoms with Gasteiger partial charge in [-0.05, 0) is 26.0 Å². The summed E-state index contributed by atoms with van der Waals surface area (Å²) >= 11 is 0. The molecule has 1 aliphatic heterocycles. The summed E-state index contributed by atoms with van der Waals surface area (Å²) in [5.74, 6) is 1.79. The lowest BCUT2D eigenvalue weighted by Gasteiger charge is -2.15. The molecule has 1 aromatic heterocycles. The van der Waals surface area contributed by atoms with Crippen molar-refractivity contribution in [3.63, 3.8) is 0 Å². The minimum atomic E-state index is 0.791. The zero-order chi connectivity index (χ0) is 10.7. The second kappa shape index (κ2) is 4.40. The van der Waals surface area contributed by atoms with Gasteiger partial charge in [0.1, 0.15) is 5.82 Å². The second-order valence-electron chi connectivity index (χ2n) is 3.83. The van der Waals surface area contributed by atoms with Gasteiger partial charge >= 0.3 is 0 Å². The third-order valence-electron chi connectivity index (χ3n) is 2.24. The minimum Gasteiger partial charge on any atom is -0.342 e. The lowest BCUT2D eigenvalue weighted by Crippen LogP contribution is -2.21. The van der Waals surface area contributed by atoms with E-state index in [1.54, 1.807) is 0 Å². The largest absolute Gasteiger partial charge is 0.342 e. The van der Waals surface area contributed by atoms with Crippen molar-refractivity contribution < 1.29 is 0 Å². The Labute approximate surface area is 90.0 Å². The van der Waals surface area contributed by atoms with Crippen LogP contribution in [0.15, 0.2) is 23.2 Å². The van der Waals surface area contributed by atoms with E-state index in [1.165, 1.54) is 0 Å². The Kier molecular flexibility index (Phi) is 2.97. The van der Waals surface area contributed by atoms with Crippen molar-refractivity contribution >= 4 is 17.3 Å². The van der Waals surface area contributed by atoms with Gasteiger partial charge in [-0.15, -0.1) is 0 Å². The van der Waals surface area contributed by atoms with Crippen molar-refractivity contribution in [3.8, 4) is 0 Å². The SMILES string of the molecule is CC(C)=Nc1cccc(N2CCNC2)n1. The first-order chi connectivity index (χ1) is 7.25. The van der Waals surface area contributed by atoms with Crippen LogP contribution in [0.2, 0.25) is 0 Å². The van der Waals surface area contributed by atoms with Gasteiger partial charge in [-0.3, -0.25) is 5.32 Å². The molecule has 0 radical (unpaired) electrons. The van der Waals surface area contributed by atoms with Crippen molar-refractivity contribution in [2.24, 2.45) is 4.99 Å². The van der Waals surface area contributed by atoms with Crippen LogP contribution in [0.1, 0.15) is 13.8 Å². The summed E-state index contributed by atoms with van der Waals surface area (Å²) in [6.07, 6.45) is 0. The number of hydrogen-bond donors (Lipinski definition) is 1. The van der Waals surface area contributed by atoms with Crippen molar-refractivity contribution in [1.82, 2.24) is 10.3 Å². The molecule has 1 saturated heterocycles. The van der Waals surface area contributed by atoms with Crippen LogP contribution in [-0.2, 0) is 0 Å². The molecule has 0 aromatic carbocycles. The molecule has 4 heteroatoms. The highest BCUT2D eigenvalue weighted by molar-refractivity contribution is 5.81. The first kappa shape index (κ1) is 10.1. The zero-order valence-electron chi connectivity index (χ0n) is 9.20. The first-order valence-electron chi connectivity index (χ1n) is 5.20. The number of aromatic nitrogens is 1. The standard InChI is InChI=1S/C11H16N4/c1-9(2)13-10-4-3-5-11(14-10)15-7-6-12-8-15/h3-5,12H,6-8H2,1-2H3. The highest BCUT2D eigenvalue weighted by Crippen LogP contribution is 2.16. The van der Waals surface area contributed by atoms with E-state index in [4.69, 9.17) is 0 Å². The van der Waals surface area contributed by atoms with Crippen LogP contribution < -0.4 is 10.2 Å². The van der Waals surface area contributed by atoms with E-state index in [-0.39, 0.29) is 0 Å². The summed E-state index contributed by atoms with van der Waals surface area (Å²) in [7, 11) is 0. The molecule has 0 unspecified atom stereocenters. The Bertz CT molecular complexity index is 363. The molecule has 2 heterocycles. The molecule has 0 bridgehead atoms. The second-order valence-corrected chi connectivity index (χ2v) is 3.83. The molecule has 0 saturated carbocycles. The molecule has 0 atom stereocenters. The summed E-state index contributed by atoms with van der Waals surface area (Å²) in [6, 6.07) is 5.96. The lowest BCUT2D eigenvalue weighted by atomic mass is 10.4. The molecule has 0 aliphatic carbocycles. The fraction of sp³-hybridized carbons (Fsp3) is 0.455. The fourth-order valence-electron chi connectivity index (χ4n) is 1.58. The van der Waals surface area contributed by atoms with Crippen molar-refractivity contribution in [2.45, 2.75) is 13.8 Å². The number of anilines is 1. The summed E-state index contributed by atoms with van der Waals surface area (Å²) < 4.78 is 0. The lowest BCUT2D eigenvalue weighted by molar-refractivity contribution is 0.849.